The molecular formula is C19H32N2O2. The minimum atomic E-state index is -0.367. The van der Waals surface area contributed by atoms with Gasteiger partial charge in [0.15, 0.2) is 0 Å². The van der Waals surface area contributed by atoms with Crippen LogP contribution in [0.3, 0.4) is 0 Å². The van der Waals surface area contributed by atoms with E-state index in [4.69, 9.17) is 0 Å². The first kappa shape index (κ1) is 16.8. The third kappa shape index (κ3) is 3.41. The zero-order valence-electron chi connectivity index (χ0n) is 15.3. The van der Waals surface area contributed by atoms with Gasteiger partial charge in [-0.2, -0.15) is 0 Å². The first-order chi connectivity index (χ1) is 10.6. The predicted molar refractivity (Wildman–Crippen MR) is 90.7 cm³/mol. The van der Waals surface area contributed by atoms with E-state index in [1.807, 2.05) is 13.8 Å². The van der Waals surface area contributed by atoms with Crippen molar-refractivity contribution >= 4 is 11.8 Å². The van der Waals surface area contributed by atoms with Gasteiger partial charge in [0.2, 0.25) is 11.8 Å². The summed E-state index contributed by atoms with van der Waals surface area (Å²) < 4.78 is 0. The van der Waals surface area contributed by atoms with Crippen molar-refractivity contribution < 1.29 is 9.59 Å². The van der Waals surface area contributed by atoms with Crippen LogP contribution < -0.4 is 5.32 Å². The second-order valence-corrected chi connectivity index (χ2v) is 9.68. The number of nitrogens with zero attached hydrogens (tertiary/aromatic N) is 1. The fourth-order valence-electron chi connectivity index (χ4n) is 5.03. The molecule has 0 aromatic carbocycles. The summed E-state index contributed by atoms with van der Waals surface area (Å²) in [7, 11) is 0. The summed E-state index contributed by atoms with van der Waals surface area (Å²) in [6.45, 7) is 11.9. The Balaban J connectivity index is 1.74. The highest BCUT2D eigenvalue weighted by Crippen LogP contribution is 2.52. The monoisotopic (exact) mass is 320 g/mol. The second-order valence-electron chi connectivity index (χ2n) is 9.68. The van der Waals surface area contributed by atoms with Gasteiger partial charge in [-0.3, -0.25) is 9.59 Å². The molecule has 1 saturated heterocycles. The molecule has 130 valence electrons. The summed E-state index contributed by atoms with van der Waals surface area (Å²) in [6.07, 6.45) is 5.33. The molecule has 3 rings (SSSR count). The van der Waals surface area contributed by atoms with Gasteiger partial charge in [-0.1, -0.05) is 34.6 Å². The third-order valence-electron chi connectivity index (χ3n) is 5.88. The van der Waals surface area contributed by atoms with Crippen LogP contribution in [0.4, 0.5) is 0 Å². The number of amides is 2. The molecule has 2 bridgehead atoms. The van der Waals surface area contributed by atoms with Crippen LogP contribution in [0.25, 0.3) is 0 Å². The standard InChI is InChI=1S/C19H32N2O2/c1-12(2)15(20-16(22)13-6-7-13)17(23)21-11-19(5)9-14(21)8-18(3,4)10-19/h12-15H,6-11H2,1-5H3,(H,20,22). The minimum absolute atomic E-state index is 0.0748. The zero-order chi connectivity index (χ0) is 17.0. The predicted octanol–water partition coefficient (Wildman–Crippen LogP) is 2.96. The highest BCUT2D eigenvalue weighted by atomic mass is 16.2. The maximum absolute atomic E-state index is 13.2. The Kier molecular flexibility index (Phi) is 4.01. The van der Waals surface area contributed by atoms with Gasteiger partial charge < -0.3 is 10.2 Å². The van der Waals surface area contributed by atoms with Crippen LogP contribution in [-0.4, -0.2) is 35.3 Å². The molecule has 2 saturated carbocycles. The lowest BCUT2D eigenvalue weighted by molar-refractivity contribution is -0.139. The molecule has 0 radical (unpaired) electrons. The van der Waals surface area contributed by atoms with E-state index in [1.165, 1.54) is 6.42 Å². The van der Waals surface area contributed by atoms with Gasteiger partial charge in [0, 0.05) is 18.5 Å². The number of carbonyl (C=O) groups is 2. The van der Waals surface area contributed by atoms with Crippen molar-refractivity contribution in [1.29, 1.82) is 0 Å². The molecule has 0 aromatic rings. The lowest BCUT2D eigenvalue weighted by atomic mass is 9.65. The van der Waals surface area contributed by atoms with E-state index >= 15 is 0 Å². The zero-order valence-corrected chi connectivity index (χ0v) is 15.3. The summed E-state index contributed by atoms with van der Waals surface area (Å²) in [6, 6.07) is -0.0236. The quantitative estimate of drug-likeness (QED) is 0.866. The van der Waals surface area contributed by atoms with Gasteiger partial charge in [0.05, 0.1) is 0 Å². The van der Waals surface area contributed by atoms with Crippen molar-refractivity contribution in [2.45, 2.75) is 78.8 Å². The van der Waals surface area contributed by atoms with E-state index in [-0.39, 0.29) is 35.1 Å². The highest BCUT2D eigenvalue weighted by molar-refractivity contribution is 5.90. The number of fused-ring (bicyclic) bond motifs is 2. The fraction of sp³-hybridized carbons (Fsp3) is 0.895. The van der Waals surface area contributed by atoms with Crippen molar-refractivity contribution in [2.24, 2.45) is 22.7 Å². The van der Waals surface area contributed by atoms with Crippen molar-refractivity contribution in [3.63, 3.8) is 0 Å². The lowest BCUT2D eigenvalue weighted by Gasteiger charge is -2.39. The first-order valence-electron chi connectivity index (χ1n) is 9.21. The fourth-order valence-corrected chi connectivity index (χ4v) is 5.03. The summed E-state index contributed by atoms with van der Waals surface area (Å²) in [5.74, 6) is 0.496. The number of hydrogen-bond donors (Lipinski definition) is 1. The van der Waals surface area contributed by atoms with Crippen LogP contribution in [0.5, 0.6) is 0 Å². The van der Waals surface area contributed by atoms with E-state index in [9.17, 15) is 9.59 Å². The summed E-state index contributed by atoms with van der Waals surface area (Å²) in [4.78, 5) is 27.4. The first-order valence-corrected chi connectivity index (χ1v) is 9.21. The Morgan fingerprint density at radius 2 is 1.78 bits per heavy atom. The lowest BCUT2D eigenvalue weighted by Crippen LogP contribution is -2.53. The van der Waals surface area contributed by atoms with Crippen molar-refractivity contribution in [3.8, 4) is 0 Å². The van der Waals surface area contributed by atoms with Gasteiger partial charge in [-0.05, 0) is 48.9 Å². The molecule has 23 heavy (non-hydrogen) atoms. The number of rotatable bonds is 4. The summed E-state index contributed by atoms with van der Waals surface area (Å²) in [5.41, 5.74) is 0.543. The van der Waals surface area contributed by atoms with Crippen LogP contribution in [0.1, 0.15) is 66.7 Å². The van der Waals surface area contributed by atoms with E-state index in [0.29, 0.717) is 11.5 Å². The molecule has 0 aromatic heterocycles. The maximum Gasteiger partial charge on any atom is 0.245 e. The molecule has 1 aliphatic heterocycles. The van der Waals surface area contributed by atoms with Crippen LogP contribution in [0, 0.1) is 22.7 Å². The molecular weight excluding hydrogens is 288 g/mol. The van der Waals surface area contributed by atoms with Crippen LogP contribution in [0.2, 0.25) is 0 Å². The summed E-state index contributed by atoms with van der Waals surface area (Å²) >= 11 is 0. The molecule has 3 aliphatic rings. The molecule has 2 amide bonds. The Labute approximate surface area is 140 Å². The highest BCUT2D eigenvalue weighted by Gasteiger charge is 2.52. The van der Waals surface area contributed by atoms with Gasteiger partial charge in [-0.25, -0.2) is 0 Å². The molecule has 3 fully saturated rings. The Hall–Kier alpha value is -1.06. The molecule has 0 spiro atoms. The van der Waals surface area contributed by atoms with Gasteiger partial charge in [0.1, 0.15) is 6.04 Å². The summed E-state index contributed by atoms with van der Waals surface area (Å²) in [5, 5.41) is 3.04. The van der Waals surface area contributed by atoms with Gasteiger partial charge >= 0.3 is 0 Å². The normalized spacial score (nSPS) is 33.7. The average molecular weight is 320 g/mol. The maximum atomic E-state index is 13.2. The number of carbonyl (C=O) groups excluding carboxylic acids is 2. The van der Waals surface area contributed by atoms with Crippen LogP contribution >= 0.6 is 0 Å². The minimum Gasteiger partial charge on any atom is -0.344 e. The van der Waals surface area contributed by atoms with Gasteiger partial charge in [0.25, 0.3) is 0 Å². The molecule has 3 unspecified atom stereocenters. The number of nitrogens with one attached hydrogen (secondary N) is 1. The molecule has 3 atom stereocenters. The van der Waals surface area contributed by atoms with E-state index in [1.54, 1.807) is 0 Å². The van der Waals surface area contributed by atoms with Gasteiger partial charge in [-0.15, -0.1) is 0 Å². The SMILES string of the molecule is CC(C)C(NC(=O)C1CC1)C(=O)N1CC2(C)CC1CC(C)(C)C2. The number of likely N-dealkylation sites (tertiary alicyclic amines) is 1. The largest absolute Gasteiger partial charge is 0.344 e. The van der Waals surface area contributed by atoms with Crippen molar-refractivity contribution in [1.82, 2.24) is 10.2 Å². The smallest absolute Gasteiger partial charge is 0.245 e. The Morgan fingerprint density at radius 1 is 1.13 bits per heavy atom. The van der Waals surface area contributed by atoms with Crippen molar-refractivity contribution in [3.05, 3.63) is 0 Å². The molecule has 4 nitrogen and oxygen atoms in total. The Morgan fingerprint density at radius 3 is 2.35 bits per heavy atom. The molecule has 2 aliphatic carbocycles. The Bertz CT molecular complexity index is 509. The molecule has 1 N–H and O–H groups in total. The number of hydrogen-bond acceptors (Lipinski definition) is 2. The van der Waals surface area contributed by atoms with E-state index in [2.05, 4.69) is 31.0 Å². The van der Waals surface area contributed by atoms with Crippen molar-refractivity contribution in [2.75, 3.05) is 6.54 Å². The van der Waals surface area contributed by atoms with Crippen LogP contribution in [0.15, 0.2) is 0 Å². The van der Waals surface area contributed by atoms with E-state index < -0.39 is 0 Å². The molecule has 1 heterocycles. The topological polar surface area (TPSA) is 49.4 Å². The second kappa shape index (κ2) is 5.49. The molecule has 4 heteroatoms. The van der Waals surface area contributed by atoms with Crippen LogP contribution in [-0.2, 0) is 9.59 Å². The van der Waals surface area contributed by atoms with E-state index in [0.717, 1.165) is 32.2 Å². The average Bonchev–Trinajstić information content (AvgIpc) is 3.19. The third-order valence-corrected chi connectivity index (χ3v) is 5.88.